The summed E-state index contributed by atoms with van der Waals surface area (Å²) in [7, 11) is -1.85. The third-order valence-electron chi connectivity index (χ3n) is 4.08. The molecule has 0 atom stereocenters. The molecule has 1 amide bonds. The first-order valence-corrected chi connectivity index (χ1v) is 9.79. The van der Waals surface area contributed by atoms with Gasteiger partial charge in [-0.2, -0.15) is 0 Å². The molecule has 8 heteroatoms. The van der Waals surface area contributed by atoms with Crippen LogP contribution >= 0.6 is 0 Å². The van der Waals surface area contributed by atoms with Gasteiger partial charge >= 0.3 is 0 Å². The second kappa shape index (κ2) is 7.25. The fraction of sp³-hybridized carbons (Fsp3) is 0.278. The second-order valence-corrected chi connectivity index (χ2v) is 8.02. The molecule has 0 aliphatic carbocycles. The van der Waals surface area contributed by atoms with Crippen LogP contribution in [0.2, 0.25) is 0 Å². The SMILES string of the molecule is CCS(=O)(=O)N(C)c1ccc(C(=O)Nc2ccc3c(c2)OCCO3)cc1. The summed E-state index contributed by atoms with van der Waals surface area (Å²) in [6, 6.07) is 11.6. The molecular formula is C18H20N2O5S. The summed E-state index contributed by atoms with van der Waals surface area (Å²) in [6.07, 6.45) is 0. The van der Waals surface area contributed by atoms with Crippen LogP contribution < -0.4 is 19.1 Å². The van der Waals surface area contributed by atoms with Crippen LogP contribution in [0, 0.1) is 0 Å². The summed E-state index contributed by atoms with van der Waals surface area (Å²) in [5.41, 5.74) is 1.52. The number of nitrogens with one attached hydrogen (secondary N) is 1. The summed E-state index contributed by atoms with van der Waals surface area (Å²) < 4.78 is 36.0. The number of fused-ring (bicyclic) bond motifs is 1. The van der Waals surface area contributed by atoms with Crippen LogP contribution in [0.15, 0.2) is 42.5 Å². The first kappa shape index (κ1) is 18.1. The van der Waals surface area contributed by atoms with Gasteiger partial charge in [0.05, 0.1) is 11.4 Å². The van der Waals surface area contributed by atoms with E-state index in [-0.39, 0.29) is 11.7 Å². The van der Waals surface area contributed by atoms with Crippen LogP contribution in [-0.2, 0) is 10.0 Å². The standard InChI is InChI=1S/C18H20N2O5S/c1-3-26(22,23)20(2)15-7-4-13(5-8-15)18(21)19-14-6-9-16-17(12-14)25-11-10-24-16/h4-9,12H,3,10-11H2,1-2H3,(H,19,21). The number of amides is 1. The van der Waals surface area contributed by atoms with Crippen molar-refractivity contribution in [1.82, 2.24) is 0 Å². The second-order valence-electron chi connectivity index (χ2n) is 5.73. The van der Waals surface area contributed by atoms with Gasteiger partial charge in [-0.3, -0.25) is 9.10 Å². The molecule has 0 radical (unpaired) electrons. The molecule has 26 heavy (non-hydrogen) atoms. The number of nitrogens with zero attached hydrogens (tertiary/aromatic N) is 1. The van der Waals surface area contributed by atoms with Gasteiger partial charge in [0.2, 0.25) is 10.0 Å². The highest BCUT2D eigenvalue weighted by Gasteiger charge is 2.17. The van der Waals surface area contributed by atoms with Crippen molar-refractivity contribution in [1.29, 1.82) is 0 Å². The lowest BCUT2D eigenvalue weighted by Gasteiger charge is -2.19. The van der Waals surface area contributed by atoms with E-state index in [0.717, 1.165) is 0 Å². The molecule has 0 saturated carbocycles. The van der Waals surface area contributed by atoms with Crippen molar-refractivity contribution in [3.8, 4) is 11.5 Å². The Morgan fingerprint density at radius 3 is 2.38 bits per heavy atom. The quantitative estimate of drug-likeness (QED) is 0.867. The molecule has 2 aromatic carbocycles. The van der Waals surface area contributed by atoms with Gasteiger partial charge in [-0.25, -0.2) is 8.42 Å². The van der Waals surface area contributed by atoms with E-state index < -0.39 is 10.0 Å². The largest absolute Gasteiger partial charge is 0.486 e. The molecule has 0 spiro atoms. The summed E-state index contributed by atoms with van der Waals surface area (Å²) >= 11 is 0. The third kappa shape index (κ3) is 3.75. The Labute approximate surface area is 152 Å². The Hall–Kier alpha value is -2.74. The van der Waals surface area contributed by atoms with E-state index in [0.29, 0.717) is 41.7 Å². The number of benzene rings is 2. The summed E-state index contributed by atoms with van der Waals surface area (Å²) in [4.78, 5) is 12.4. The fourth-order valence-corrected chi connectivity index (χ4v) is 3.33. The monoisotopic (exact) mass is 376 g/mol. The average molecular weight is 376 g/mol. The number of hydrogen-bond donors (Lipinski definition) is 1. The first-order valence-electron chi connectivity index (χ1n) is 8.18. The Kier molecular flexibility index (Phi) is 5.03. The molecule has 7 nitrogen and oxygen atoms in total. The van der Waals surface area contributed by atoms with Crippen molar-refractivity contribution >= 4 is 27.3 Å². The van der Waals surface area contributed by atoms with E-state index in [1.807, 2.05) is 0 Å². The average Bonchev–Trinajstić information content (AvgIpc) is 2.67. The maximum atomic E-state index is 12.4. The van der Waals surface area contributed by atoms with E-state index in [1.165, 1.54) is 11.4 Å². The highest BCUT2D eigenvalue weighted by atomic mass is 32.2. The van der Waals surface area contributed by atoms with Crippen LogP contribution in [0.25, 0.3) is 0 Å². The number of hydrogen-bond acceptors (Lipinski definition) is 5. The molecule has 1 heterocycles. The number of ether oxygens (including phenoxy) is 2. The molecule has 1 aliphatic rings. The highest BCUT2D eigenvalue weighted by molar-refractivity contribution is 7.92. The van der Waals surface area contributed by atoms with Crippen LogP contribution in [0.4, 0.5) is 11.4 Å². The van der Waals surface area contributed by atoms with E-state index >= 15 is 0 Å². The van der Waals surface area contributed by atoms with Crippen molar-refractivity contribution in [2.45, 2.75) is 6.92 Å². The zero-order valence-corrected chi connectivity index (χ0v) is 15.4. The molecule has 138 valence electrons. The topological polar surface area (TPSA) is 84.9 Å². The lowest BCUT2D eigenvalue weighted by molar-refractivity contribution is 0.102. The Balaban J connectivity index is 1.72. The molecular weight excluding hydrogens is 356 g/mol. The Bertz CT molecular complexity index is 910. The molecule has 0 saturated heterocycles. The highest BCUT2D eigenvalue weighted by Crippen LogP contribution is 2.32. The van der Waals surface area contributed by atoms with Gasteiger partial charge < -0.3 is 14.8 Å². The molecule has 0 aromatic heterocycles. The number of rotatable bonds is 5. The third-order valence-corrected chi connectivity index (χ3v) is 5.85. The van der Waals surface area contributed by atoms with Gasteiger partial charge in [-0.05, 0) is 43.3 Å². The number of carbonyl (C=O) groups excluding carboxylic acids is 1. The van der Waals surface area contributed by atoms with Gasteiger partial charge in [-0.1, -0.05) is 0 Å². The van der Waals surface area contributed by atoms with Crippen molar-refractivity contribution in [3.63, 3.8) is 0 Å². The summed E-state index contributed by atoms with van der Waals surface area (Å²) in [6.45, 7) is 2.56. The van der Waals surface area contributed by atoms with E-state index in [9.17, 15) is 13.2 Å². The van der Waals surface area contributed by atoms with E-state index in [4.69, 9.17) is 9.47 Å². The van der Waals surface area contributed by atoms with Crippen molar-refractivity contribution in [3.05, 3.63) is 48.0 Å². The zero-order valence-electron chi connectivity index (χ0n) is 14.6. The molecule has 3 rings (SSSR count). The lowest BCUT2D eigenvalue weighted by Crippen LogP contribution is -2.28. The number of sulfonamides is 1. The van der Waals surface area contributed by atoms with Crippen LogP contribution in [-0.4, -0.2) is 40.3 Å². The van der Waals surface area contributed by atoms with Crippen LogP contribution in [0.5, 0.6) is 11.5 Å². The van der Waals surface area contributed by atoms with Crippen molar-refractivity contribution < 1.29 is 22.7 Å². The lowest BCUT2D eigenvalue weighted by atomic mass is 10.2. The van der Waals surface area contributed by atoms with Gasteiger partial charge in [0.15, 0.2) is 11.5 Å². The van der Waals surface area contributed by atoms with Gasteiger partial charge in [0.25, 0.3) is 5.91 Å². The number of carbonyl (C=O) groups is 1. The maximum Gasteiger partial charge on any atom is 0.255 e. The van der Waals surface area contributed by atoms with Gasteiger partial charge in [0.1, 0.15) is 13.2 Å². The van der Waals surface area contributed by atoms with Gasteiger partial charge in [-0.15, -0.1) is 0 Å². The molecule has 1 aliphatic heterocycles. The minimum atomic E-state index is -3.33. The fourth-order valence-electron chi connectivity index (χ4n) is 2.50. The Morgan fingerprint density at radius 2 is 1.73 bits per heavy atom. The minimum Gasteiger partial charge on any atom is -0.486 e. The van der Waals surface area contributed by atoms with Crippen molar-refractivity contribution in [2.24, 2.45) is 0 Å². The molecule has 1 N–H and O–H groups in total. The van der Waals surface area contributed by atoms with E-state index in [2.05, 4.69) is 5.32 Å². The smallest absolute Gasteiger partial charge is 0.255 e. The molecule has 0 bridgehead atoms. The van der Waals surface area contributed by atoms with Crippen molar-refractivity contribution in [2.75, 3.05) is 35.6 Å². The molecule has 0 unspecified atom stereocenters. The minimum absolute atomic E-state index is 0.00977. The first-order chi connectivity index (χ1) is 12.4. The van der Waals surface area contributed by atoms with Gasteiger partial charge in [0, 0.05) is 24.4 Å². The van der Waals surface area contributed by atoms with Crippen LogP contribution in [0.1, 0.15) is 17.3 Å². The zero-order chi connectivity index (χ0) is 18.7. The molecule has 2 aromatic rings. The molecule has 0 fully saturated rings. The Morgan fingerprint density at radius 1 is 1.08 bits per heavy atom. The predicted octanol–water partition coefficient (Wildman–Crippen LogP) is 2.50. The summed E-state index contributed by atoms with van der Waals surface area (Å²) in [5, 5.41) is 2.79. The number of anilines is 2. The normalized spacial score (nSPS) is 13.2. The maximum absolute atomic E-state index is 12.4. The summed E-state index contributed by atoms with van der Waals surface area (Å²) in [5.74, 6) is 0.958. The predicted molar refractivity (Wildman–Crippen MR) is 99.7 cm³/mol. The van der Waals surface area contributed by atoms with Crippen LogP contribution in [0.3, 0.4) is 0 Å². The van der Waals surface area contributed by atoms with E-state index in [1.54, 1.807) is 49.4 Å².